The Labute approximate surface area is 57.3 Å². The molecule has 0 saturated carbocycles. The molecule has 1 N–H and O–H groups in total. The Morgan fingerprint density at radius 3 is 3.30 bits per heavy atom. The molecule has 0 amide bonds. The summed E-state index contributed by atoms with van der Waals surface area (Å²) in [6, 6.07) is 1.96. The van der Waals surface area contributed by atoms with Crippen LogP contribution in [0, 0.1) is 6.92 Å². The number of nitrogens with zero attached hydrogens (tertiary/aromatic N) is 3. The molecule has 0 bridgehead atoms. The minimum Gasteiger partial charge on any atom is -0.256 e. The molecule has 0 atom stereocenters. The lowest BCUT2D eigenvalue weighted by Crippen LogP contribution is -1.77. The van der Waals surface area contributed by atoms with Crippen LogP contribution < -0.4 is 0 Å². The Kier molecular flexibility index (Phi) is 0.943. The number of fused-ring (bicyclic) bond motifs is 1. The summed E-state index contributed by atoms with van der Waals surface area (Å²) in [6.45, 7) is 1.98. The first-order chi connectivity index (χ1) is 4.86. The second kappa shape index (κ2) is 1.76. The van der Waals surface area contributed by atoms with Gasteiger partial charge < -0.3 is 0 Å². The van der Waals surface area contributed by atoms with Crippen LogP contribution in [-0.2, 0) is 0 Å². The first-order valence-electron chi connectivity index (χ1n) is 3.00. The summed E-state index contributed by atoms with van der Waals surface area (Å²) >= 11 is 0. The van der Waals surface area contributed by atoms with Crippen molar-refractivity contribution in [3.8, 4) is 0 Å². The zero-order valence-electron chi connectivity index (χ0n) is 5.50. The van der Waals surface area contributed by atoms with E-state index in [1.165, 1.54) is 0 Å². The largest absolute Gasteiger partial charge is 0.256 e. The van der Waals surface area contributed by atoms with E-state index in [0.29, 0.717) is 5.65 Å². The molecule has 2 aromatic rings. The molecule has 0 aliphatic heterocycles. The number of rotatable bonds is 0. The average Bonchev–Trinajstić information content (AvgIpc) is 2.33. The van der Waals surface area contributed by atoms with E-state index in [-0.39, 0.29) is 0 Å². The van der Waals surface area contributed by atoms with E-state index in [1.807, 2.05) is 13.0 Å². The molecule has 50 valence electrons. The third-order valence-electron chi connectivity index (χ3n) is 1.32. The van der Waals surface area contributed by atoms with Crippen molar-refractivity contribution >= 4 is 11.2 Å². The molecule has 0 spiro atoms. The van der Waals surface area contributed by atoms with E-state index in [9.17, 15) is 0 Å². The highest BCUT2D eigenvalue weighted by atomic mass is 15.3. The summed E-state index contributed by atoms with van der Waals surface area (Å²) in [5.74, 6) is 0. The molecule has 2 aromatic heterocycles. The first-order valence-corrected chi connectivity index (χ1v) is 3.00. The van der Waals surface area contributed by atoms with Gasteiger partial charge >= 0.3 is 0 Å². The second-order valence-electron chi connectivity index (χ2n) is 2.20. The van der Waals surface area contributed by atoms with E-state index in [1.54, 1.807) is 6.20 Å². The molecular formula is C6H6N4. The number of aryl methyl sites for hydroxylation is 1. The fraction of sp³-hybridized carbons (Fsp3) is 0.167. The summed E-state index contributed by atoms with van der Waals surface area (Å²) in [5.41, 5.74) is 2.67. The zero-order chi connectivity index (χ0) is 6.97. The van der Waals surface area contributed by atoms with Gasteiger partial charge in [0.15, 0.2) is 0 Å². The highest BCUT2D eigenvalue weighted by molar-refractivity contribution is 5.68. The van der Waals surface area contributed by atoms with E-state index < -0.39 is 0 Å². The van der Waals surface area contributed by atoms with Crippen LogP contribution in [0.15, 0.2) is 12.3 Å². The molecule has 4 nitrogen and oxygen atoms in total. The van der Waals surface area contributed by atoms with Gasteiger partial charge in [-0.1, -0.05) is 5.21 Å². The van der Waals surface area contributed by atoms with E-state index in [0.717, 1.165) is 11.1 Å². The van der Waals surface area contributed by atoms with Crippen LogP contribution in [0.1, 0.15) is 5.56 Å². The highest BCUT2D eigenvalue weighted by Gasteiger charge is 1.95. The van der Waals surface area contributed by atoms with Gasteiger partial charge in [-0.25, -0.2) is 4.98 Å². The number of H-pyrrole nitrogens is 1. The minimum absolute atomic E-state index is 0.672. The molecule has 4 heteroatoms. The second-order valence-corrected chi connectivity index (χ2v) is 2.20. The maximum absolute atomic E-state index is 4.04. The first kappa shape index (κ1) is 5.34. The van der Waals surface area contributed by atoms with Crippen molar-refractivity contribution in [1.29, 1.82) is 0 Å². The Bertz CT molecular complexity index is 351. The Morgan fingerprint density at radius 1 is 1.50 bits per heavy atom. The van der Waals surface area contributed by atoms with Crippen LogP contribution in [-0.4, -0.2) is 20.4 Å². The fourth-order valence-electron chi connectivity index (χ4n) is 0.850. The predicted molar refractivity (Wildman–Crippen MR) is 36.4 cm³/mol. The number of nitrogens with one attached hydrogen (secondary N) is 1. The molecule has 0 aliphatic carbocycles. The van der Waals surface area contributed by atoms with Crippen LogP contribution in [0.3, 0.4) is 0 Å². The van der Waals surface area contributed by atoms with Gasteiger partial charge in [0.2, 0.25) is 5.65 Å². The number of aromatic nitrogens is 4. The summed E-state index contributed by atoms with van der Waals surface area (Å²) < 4.78 is 0. The summed E-state index contributed by atoms with van der Waals surface area (Å²) in [6.07, 6.45) is 1.77. The SMILES string of the molecule is Cc1cnc2nn[nH]c2c1. The van der Waals surface area contributed by atoms with E-state index >= 15 is 0 Å². The third-order valence-corrected chi connectivity index (χ3v) is 1.32. The smallest absolute Gasteiger partial charge is 0.201 e. The number of hydrogen-bond acceptors (Lipinski definition) is 3. The van der Waals surface area contributed by atoms with Crippen molar-refractivity contribution in [2.24, 2.45) is 0 Å². The Balaban J connectivity index is 2.86. The standard InChI is InChI=1S/C6H6N4/c1-4-2-5-6(7-3-4)9-10-8-5/h2-3H,1H3,(H,7,8,9,10). The van der Waals surface area contributed by atoms with Gasteiger partial charge in [0.25, 0.3) is 0 Å². The summed E-state index contributed by atoms with van der Waals surface area (Å²) in [7, 11) is 0. The summed E-state index contributed by atoms with van der Waals surface area (Å²) in [4.78, 5) is 4.04. The van der Waals surface area contributed by atoms with Crippen molar-refractivity contribution in [3.05, 3.63) is 17.8 Å². The van der Waals surface area contributed by atoms with Crippen LogP contribution in [0.25, 0.3) is 11.2 Å². The minimum atomic E-state index is 0.672. The maximum atomic E-state index is 4.04. The van der Waals surface area contributed by atoms with Crippen molar-refractivity contribution in [3.63, 3.8) is 0 Å². The third kappa shape index (κ3) is 0.655. The van der Waals surface area contributed by atoms with E-state index in [2.05, 4.69) is 20.4 Å². The van der Waals surface area contributed by atoms with Gasteiger partial charge in [0.05, 0.1) is 0 Å². The topological polar surface area (TPSA) is 54.5 Å². The Hall–Kier alpha value is -1.45. The molecule has 0 aromatic carbocycles. The highest BCUT2D eigenvalue weighted by Crippen LogP contribution is 2.04. The van der Waals surface area contributed by atoms with Gasteiger partial charge in [0.1, 0.15) is 5.52 Å². The van der Waals surface area contributed by atoms with Crippen molar-refractivity contribution in [1.82, 2.24) is 20.4 Å². The van der Waals surface area contributed by atoms with Gasteiger partial charge in [0, 0.05) is 6.20 Å². The summed E-state index contributed by atoms with van der Waals surface area (Å²) in [5, 5.41) is 10.1. The molecule has 2 rings (SSSR count). The number of pyridine rings is 1. The maximum Gasteiger partial charge on any atom is 0.201 e. The number of aromatic amines is 1. The lowest BCUT2D eigenvalue weighted by atomic mass is 10.3. The lowest BCUT2D eigenvalue weighted by molar-refractivity contribution is 0.954. The van der Waals surface area contributed by atoms with E-state index in [4.69, 9.17) is 0 Å². The van der Waals surface area contributed by atoms with Crippen molar-refractivity contribution in [2.45, 2.75) is 6.92 Å². The monoisotopic (exact) mass is 134 g/mol. The molecule has 0 aliphatic rings. The van der Waals surface area contributed by atoms with Crippen LogP contribution >= 0.6 is 0 Å². The van der Waals surface area contributed by atoms with Gasteiger partial charge in [-0.3, -0.25) is 5.10 Å². The molecule has 0 fully saturated rings. The predicted octanol–water partition coefficient (Wildman–Crippen LogP) is 0.661. The van der Waals surface area contributed by atoms with Crippen molar-refractivity contribution < 1.29 is 0 Å². The Morgan fingerprint density at radius 2 is 2.40 bits per heavy atom. The molecule has 0 unspecified atom stereocenters. The normalized spacial score (nSPS) is 10.5. The van der Waals surface area contributed by atoms with Gasteiger partial charge in [-0.2, -0.15) is 0 Å². The fourth-order valence-corrected chi connectivity index (χ4v) is 0.850. The van der Waals surface area contributed by atoms with Crippen molar-refractivity contribution in [2.75, 3.05) is 0 Å². The average molecular weight is 134 g/mol. The quantitative estimate of drug-likeness (QED) is 0.575. The molecule has 2 heterocycles. The lowest BCUT2D eigenvalue weighted by Gasteiger charge is -1.86. The van der Waals surface area contributed by atoms with Gasteiger partial charge in [-0.15, -0.1) is 5.10 Å². The molecule has 0 saturated heterocycles. The molecule has 10 heavy (non-hydrogen) atoms. The number of hydrogen-bond donors (Lipinski definition) is 1. The van der Waals surface area contributed by atoms with Gasteiger partial charge in [-0.05, 0) is 18.6 Å². The van der Waals surface area contributed by atoms with Crippen LogP contribution in [0.5, 0.6) is 0 Å². The van der Waals surface area contributed by atoms with Crippen LogP contribution in [0.2, 0.25) is 0 Å². The molecular weight excluding hydrogens is 128 g/mol. The van der Waals surface area contributed by atoms with Crippen LogP contribution in [0.4, 0.5) is 0 Å². The molecule has 0 radical (unpaired) electrons. The zero-order valence-corrected chi connectivity index (χ0v) is 5.50.